The van der Waals surface area contributed by atoms with Crippen LogP contribution in [0.1, 0.15) is 22.6 Å². The molecule has 4 N–H and O–H groups in total. The minimum atomic E-state index is -1.05. The number of rotatable bonds is 3. The second-order valence-corrected chi connectivity index (χ2v) is 7.94. The molecule has 2 heterocycles. The number of H-pyrrole nitrogens is 2. The quantitative estimate of drug-likeness (QED) is 0.326. The molecule has 0 saturated carbocycles. The van der Waals surface area contributed by atoms with Gasteiger partial charge in [0.1, 0.15) is 11.5 Å². The molecule has 5 rings (SSSR count). The number of hydrogen-bond acceptors (Lipinski definition) is 4. The minimum Gasteiger partial charge on any atom is -0.507 e. The molecule has 0 saturated heterocycles. The predicted molar refractivity (Wildman–Crippen MR) is 125 cm³/mol. The highest BCUT2D eigenvalue weighted by Gasteiger charge is 2.30. The van der Waals surface area contributed by atoms with Gasteiger partial charge in [-0.3, -0.25) is 9.59 Å². The van der Waals surface area contributed by atoms with Crippen LogP contribution >= 0.6 is 11.6 Å². The van der Waals surface area contributed by atoms with E-state index in [1.165, 1.54) is 0 Å². The van der Waals surface area contributed by atoms with Crippen molar-refractivity contribution in [3.8, 4) is 11.5 Å². The molecule has 32 heavy (non-hydrogen) atoms. The fourth-order valence-corrected chi connectivity index (χ4v) is 4.28. The van der Waals surface area contributed by atoms with Crippen molar-refractivity contribution in [2.45, 2.75) is 5.92 Å². The van der Waals surface area contributed by atoms with Crippen LogP contribution in [0.3, 0.4) is 0 Å². The van der Waals surface area contributed by atoms with Crippen LogP contribution < -0.4 is 11.1 Å². The summed E-state index contributed by atoms with van der Waals surface area (Å²) in [5.41, 5.74) is 0.238. The summed E-state index contributed by atoms with van der Waals surface area (Å²) in [5, 5.41) is 23.6. The van der Waals surface area contributed by atoms with Gasteiger partial charge in [-0.05, 0) is 42.0 Å². The Balaban J connectivity index is 1.91. The molecule has 0 unspecified atom stereocenters. The number of aromatic nitrogens is 2. The third-order valence-corrected chi connectivity index (χ3v) is 5.89. The SMILES string of the molecule is O=c1[nH]c2ccccc2c(O)c1C(c1ccc(Cl)cc1)c1c(O)c2ccccc2[nH]c1=O. The maximum absolute atomic E-state index is 13.2. The molecule has 6 nitrogen and oxygen atoms in total. The van der Waals surface area contributed by atoms with Crippen LogP contribution in [0.2, 0.25) is 5.02 Å². The van der Waals surface area contributed by atoms with Gasteiger partial charge in [0.05, 0.1) is 28.1 Å². The van der Waals surface area contributed by atoms with Crippen molar-refractivity contribution in [2.75, 3.05) is 0 Å². The van der Waals surface area contributed by atoms with Crippen LogP contribution in [-0.4, -0.2) is 20.2 Å². The minimum absolute atomic E-state index is 0.0397. The van der Waals surface area contributed by atoms with E-state index in [0.717, 1.165) is 0 Å². The van der Waals surface area contributed by atoms with Gasteiger partial charge in [0, 0.05) is 15.8 Å². The zero-order chi connectivity index (χ0) is 22.4. The number of nitrogens with one attached hydrogen (secondary N) is 2. The van der Waals surface area contributed by atoms with Crippen LogP contribution in [-0.2, 0) is 0 Å². The van der Waals surface area contributed by atoms with Crippen molar-refractivity contribution >= 4 is 33.4 Å². The Morgan fingerprint density at radius 1 is 0.656 bits per heavy atom. The number of benzene rings is 3. The Morgan fingerprint density at radius 2 is 1.09 bits per heavy atom. The highest BCUT2D eigenvalue weighted by Crippen LogP contribution is 2.41. The maximum atomic E-state index is 13.2. The number of halogens is 1. The van der Waals surface area contributed by atoms with Crippen molar-refractivity contribution in [1.29, 1.82) is 0 Å². The van der Waals surface area contributed by atoms with Gasteiger partial charge in [-0.15, -0.1) is 0 Å². The summed E-state index contributed by atoms with van der Waals surface area (Å²) >= 11 is 6.06. The number of hydrogen-bond donors (Lipinski definition) is 4. The molecule has 0 fully saturated rings. The van der Waals surface area contributed by atoms with Crippen LogP contribution in [0.25, 0.3) is 21.8 Å². The largest absolute Gasteiger partial charge is 0.507 e. The smallest absolute Gasteiger partial charge is 0.256 e. The number of para-hydroxylation sites is 2. The van der Waals surface area contributed by atoms with Gasteiger partial charge in [-0.2, -0.15) is 0 Å². The Morgan fingerprint density at radius 3 is 1.56 bits per heavy atom. The first kappa shape index (κ1) is 19.9. The van der Waals surface area contributed by atoms with E-state index in [9.17, 15) is 19.8 Å². The topological polar surface area (TPSA) is 106 Å². The standard InChI is InChI=1S/C25H17ClN2O4/c26-14-11-9-13(10-12-14)19(20-22(29)15-5-1-3-7-17(15)27-24(20)31)21-23(30)16-6-2-4-8-18(16)28-25(21)32/h1-12,19H,(H2,27,29,31)(H2,28,30,32). The molecule has 0 atom stereocenters. The summed E-state index contributed by atoms with van der Waals surface area (Å²) in [6, 6.07) is 20.2. The molecule has 0 radical (unpaired) electrons. The summed E-state index contributed by atoms with van der Waals surface area (Å²) < 4.78 is 0. The summed E-state index contributed by atoms with van der Waals surface area (Å²) in [5.74, 6) is -1.55. The van der Waals surface area contributed by atoms with Gasteiger partial charge >= 0.3 is 0 Å². The lowest BCUT2D eigenvalue weighted by atomic mass is 9.84. The maximum Gasteiger partial charge on any atom is 0.256 e. The van der Waals surface area contributed by atoms with E-state index < -0.39 is 17.0 Å². The van der Waals surface area contributed by atoms with Crippen LogP contribution in [0.15, 0.2) is 82.4 Å². The molecular weight excluding hydrogens is 428 g/mol. The van der Waals surface area contributed by atoms with E-state index >= 15 is 0 Å². The van der Waals surface area contributed by atoms with E-state index in [0.29, 0.717) is 32.4 Å². The van der Waals surface area contributed by atoms with Crippen molar-refractivity contribution in [2.24, 2.45) is 0 Å². The predicted octanol–water partition coefficient (Wildman–Crippen LogP) is 4.61. The average molecular weight is 445 g/mol. The highest BCUT2D eigenvalue weighted by molar-refractivity contribution is 6.30. The molecule has 0 spiro atoms. The van der Waals surface area contributed by atoms with Crippen molar-refractivity contribution in [3.63, 3.8) is 0 Å². The first-order chi connectivity index (χ1) is 15.5. The summed E-state index contributed by atoms with van der Waals surface area (Å²) in [6.45, 7) is 0. The molecule has 0 amide bonds. The molecule has 0 aliphatic carbocycles. The first-order valence-electron chi connectivity index (χ1n) is 9.89. The van der Waals surface area contributed by atoms with E-state index in [2.05, 4.69) is 9.97 Å². The van der Waals surface area contributed by atoms with E-state index in [1.807, 2.05) is 0 Å². The molecule has 5 aromatic rings. The van der Waals surface area contributed by atoms with Gasteiger partial charge < -0.3 is 20.2 Å². The normalized spacial score (nSPS) is 11.4. The molecule has 158 valence electrons. The average Bonchev–Trinajstić information content (AvgIpc) is 2.78. The molecule has 7 heteroatoms. The Kier molecular flexibility index (Phi) is 4.72. The van der Waals surface area contributed by atoms with Gasteiger partial charge in [0.15, 0.2) is 0 Å². The second kappa shape index (κ2) is 7.59. The summed E-state index contributed by atoms with van der Waals surface area (Å²) in [6.07, 6.45) is 0. The van der Waals surface area contributed by atoms with Gasteiger partial charge in [0.25, 0.3) is 11.1 Å². The lowest BCUT2D eigenvalue weighted by molar-refractivity contribution is 0.462. The van der Waals surface area contributed by atoms with E-state index in [4.69, 9.17) is 11.6 Å². The van der Waals surface area contributed by atoms with Gasteiger partial charge in [0.2, 0.25) is 0 Å². The van der Waals surface area contributed by atoms with Crippen molar-refractivity contribution in [3.05, 3.63) is 115 Å². The van der Waals surface area contributed by atoms with E-state index in [-0.39, 0.29) is 22.6 Å². The fraction of sp³-hybridized carbons (Fsp3) is 0.0400. The molecular formula is C25H17ClN2O4. The molecule has 3 aromatic carbocycles. The summed E-state index contributed by atoms with van der Waals surface area (Å²) in [7, 11) is 0. The van der Waals surface area contributed by atoms with Crippen LogP contribution in [0.4, 0.5) is 0 Å². The second-order valence-electron chi connectivity index (χ2n) is 7.51. The fourth-order valence-electron chi connectivity index (χ4n) is 4.15. The lowest BCUT2D eigenvalue weighted by Crippen LogP contribution is -2.24. The molecule has 0 aliphatic rings. The monoisotopic (exact) mass is 444 g/mol. The number of pyridine rings is 2. The van der Waals surface area contributed by atoms with E-state index in [1.54, 1.807) is 72.8 Å². The highest BCUT2D eigenvalue weighted by atomic mass is 35.5. The summed E-state index contributed by atoms with van der Waals surface area (Å²) in [4.78, 5) is 31.9. The Bertz CT molecular complexity index is 1500. The van der Waals surface area contributed by atoms with Crippen LogP contribution in [0.5, 0.6) is 11.5 Å². The molecule has 0 bridgehead atoms. The van der Waals surface area contributed by atoms with Crippen molar-refractivity contribution in [1.82, 2.24) is 9.97 Å². The third-order valence-electron chi connectivity index (χ3n) is 5.64. The zero-order valence-corrected chi connectivity index (χ0v) is 17.4. The third kappa shape index (κ3) is 3.13. The van der Waals surface area contributed by atoms with Gasteiger partial charge in [-0.25, -0.2) is 0 Å². The lowest BCUT2D eigenvalue weighted by Gasteiger charge is -2.21. The number of aromatic hydroxyl groups is 2. The first-order valence-corrected chi connectivity index (χ1v) is 10.3. The van der Waals surface area contributed by atoms with Crippen LogP contribution in [0, 0.1) is 0 Å². The molecule has 2 aromatic heterocycles. The Hall–Kier alpha value is -4.03. The van der Waals surface area contributed by atoms with Crippen molar-refractivity contribution < 1.29 is 10.2 Å². The Labute approximate surface area is 186 Å². The number of fused-ring (bicyclic) bond motifs is 2. The molecule has 0 aliphatic heterocycles. The van der Waals surface area contributed by atoms with Gasteiger partial charge in [-0.1, -0.05) is 48.0 Å². The zero-order valence-electron chi connectivity index (χ0n) is 16.6. The number of aromatic amines is 2.